The molecule has 2 heterocycles. The van der Waals surface area contributed by atoms with Crippen molar-refractivity contribution in [3.8, 4) is 0 Å². The Bertz CT molecular complexity index is 948. The Morgan fingerprint density at radius 3 is 2.47 bits per heavy atom. The summed E-state index contributed by atoms with van der Waals surface area (Å²) in [6.45, 7) is 4.85. The van der Waals surface area contributed by atoms with Gasteiger partial charge in [0.25, 0.3) is 11.5 Å². The molecule has 2 fully saturated rings. The lowest BCUT2D eigenvalue weighted by Gasteiger charge is -2.35. The Morgan fingerprint density at radius 2 is 1.76 bits per heavy atom. The molecule has 1 aliphatic heterocycles. The molecule has 4 rings (SSSR count). The summed E-state index contributed by atoms with van der Waals surface area (Å²) in [6, 6.07) is 2.16. The number of esters is 1. The van der Waals surface area contributed by atoms with Crippen LogP contribution in [-0.2, 0) is 28.9 Å². The summed E-state index contributed by atoms with van der Waals surface area (Å²) in [6.07, 6.45) is 12.4. The molecule has 2 aliphatic carbocycles. The number of pyridine rings is 1. The van der Waals surface area contributed by atoms with E-state index < -0.39 is 17.4 Å². The summed E-state index contributed by atoms with van der Waals surface area (Å²) in [5.41, 5.74) is 1.17. The Kier molecular flexibility index (Phi) is 8.12. The fraction of sp³-hybridized carbons (Fsp3) is 0.741. The fourth-order valence-corrected chi connectivity index (χ4v) is 6.33. The van der Waals surface area contributed by atoms with E-state index in [9.17, 15) is 14.4 Å². The first-order valence-electron chi connectivity index (χ1n) is 13.4. The van der Waals surface area contributed by atoms with E-state index in [0.29, 0.717) is 25.4 Å². The van der Waals surface area contributed by atoms with Crippen LogP contribution in [0.4, 0.5) is 0 Å². The number of amides is 1. The molecule has 1 N–H and O–H groups in total. The van der Waals surface area contributed by atoms with Gasteiger partial charge in [-0.15, -0.1) is 0 Å². The highest BCUT2D eigenvalue weighted by atomic mass is 16.5. The van der Waals surface area contributed by atoms with Crippen molar-refractivity contribution in [1.82, 2.24) is 14.8 Å². The van der Waals surface area contributed by atoms with Crippen LogP contribution in [0.15, 0.2) is 10.9 Å². The standard InChI is InChI=1S/C27H41N3O4/c1-3-29-17-11-13-21(29)19-30-23-14-8-5-4-7-12-20(23)18-22(25(30)32)24(31)28-27(26(33)34-2)15-9-6-10-16-27/h18,21H,3-17,19H2,1-2H3,(H,28,31). The Hall–Kier alpha value is -2.15. The topological polar surface area (TPSA) is 80.6 Å². The number of methoxy groups -OCH3 is 1. The molecule has 0 bridgehead atoms. The van der Waals surface area contributed by atoms with Gasteiger partial charge in [0.05, 0.1) is 7.11 Å². The smallest absolute Gasteiger partial charge is 0.331 e. The third-order valence-corrected chi connectivity index (χ3v) is 8.28. The number of nitrogens with one attached hydrogen (secondary N) is 1. The molecule has 0 spiro atoms. The molecule has 188 valence electrons. The second-order valence-electron chi connectivity index (χ2n) is 10.4. The average molecular weight is 472 g/mol. The quantitative estimate of drug-likeness (QED) is 0.641. The number of carbonyl (C=O) groups is 2. The van der Waals surface area contributed by atoms with E-state index >= 15 is 0 Å². The molecule has 1 saturated heterocycles. The van der Waals surface area contributed by atoms with Crippen LogP contribution in [0.5, 0.6) is 0 Å². The van der Waals surface area contributed by atoms with Gasteiger partial charge in [-0.25, -0.2) is 4.79 Å². The van der Waals surface area contributed by atoms with Gasteiger partial charge in [0.1, 0.15) is 11.1 Å². The summed E-state index contributed by atoms with van der Waals surface area (Å²) in [5, 5.41) is 2.98. The molecule has 34 heavy (non-hydrogen) atoms. The molecular formula is C27H41N3O4. The van der Waals surface area contributed by atoms with Gasteiger partial charge in [-0.3, -0.25) is 14.5 Å². The molecule has 0 aromatic carbocycles. The maximum Gasteiger partial charge on any atom is 0.331 e. The highest BCUT2D eigenvalue weighted by molar-refractivity contribution is 5.98. The Balaban J connectivity index is 1.71. The molecule has 7 heteroatoms. The summed E-state index contributed by atoms with van der Waals surface area (Å²) < 4.78 is 6.99. The maximum atomic E-state index is 13.8. The number of likely N-dealkylation sites (N-methyl/N-ethyl adjacent to an activating group) is 1. The SMILES string of the molecule is CCN1CCCC1Cn1c2c(cc(C(=O)NC3(C(=O)OC)CCCCC3)c1=O)CCCCCC2. The molecule has 1 amide bonds. The highest BCUT2D eigenvalue weighted by Crippen LogP contribution is 2.30. The molecule has 1 saturated carbocycles. The van der Waals surface area contributed by atoms with Gasteiger partial charge < -0.3 is 14.6 Å². The van der Waals surface area contributed by atoms with Crippen LogP contribution in [0, 0.1) is 0 Å². The number of hydrogen-bond acceptors (Lipinski definition) is 5. The van der Waals surface area contributed by atoms with Crippen molar-refractivity contribution in [2.24, 2.45) is 0 Å². The zero-order valence-corrected chi connectivity index (χ0v) is 21.0. The minimum absolute atomic E-state index is 0.175. The van der Waals surface area contributed by atoms with Gasteiger partial charge >= 0.3 is 5.97 Å². The number of nitrogens with zero attached hydrogens (tertiary/aromatic N) is 2. The summed E-state index contributed by atoms with van der Waals surface area (Å²) in [7, 11) is 1.37. The van der Waals surface area contributed by atoms with Crippen molar-refractivity contribution in [3.05, 3.63) is 33.2 Å². The zero-order valence-electron chi connectivity index (χ0n) is 21.0. The van der Waals surface area contributed by atoms with Gasteiger partial charge in [-0.2, -0.15) is 0 Å². The lowest BCUT2D eigenvalue weighted by molar-refractivity contribution is -0.149. The van der Waals surface area contributed by atoms with E-state index in [0.717, 1.165) is 82.1 Å². The van der Waals surface area contributed by atoms with Crippen LogP contribution in [0.1, 0.15) is 99.2 Å². The molecule has 1 aromatic heterocycles. The Labute approximate surface area is 203 Å². The highest BCUT2D eigenvalue weighted by Gasteiger charge is 2.42. The second kappa shape index (κ2) is 11.1. The fourth-order valence-electron chi connectivity index (χ4n) is 6.33. The van der Waals surface area contributed by atoms with Crippen molar-refractivity contribution >= 4 is 11.9 Å². The molecule has 1 atom stereocenters. The number of hydrogen-bond donors (Lipinski definition) is 1. The van der Waals surface area contributed by atoms with E-state index in [2.05, 4.69) is 17.1 Å². The number of aryl methyl sites for hydroxylation is 1. The van der Waals surface area contributed by atoms with E-state index in [-0.39, 0.29) is 11.1 Å². The average Bonchev–Trinajstić information content (AvgIpc) is 3.28. The van der Waals surface area contributed by atoms with Gasteiger partial charge in [0.2, 0.25) is 0 Å². The number of ether oxygens (including phenoxy) is 1. The molecule has 7 nitrogen and oxygen atoms in total. The zero-order chi connectivity index (χ0) is 24.1. The van der Waals surface area contributed by atoms with Gasteiger partial charge in [0, 0.05) is 18.3 Å². The Morgan fingerprint density at radius 1 is 1.06 bits per heavy atom. The van der Waals surface area contributed by atoms with Crippen LogP contribution in [0.3, 0.4) is 0 Å². The number of aromatic nitrogens is 1. The normalized spacial score (nSPS) is 22.9. The molecular weight excluding hydrogens is 430 g/mol. The van der Waals surface area contributed by atoms with E-state index in [1.165, 1.54) is 20.0 Å². The monoisotopic (exact) mass is 471 g/mol. The molecule has 3 aliphatic rings. The van der Waals surface area contributed by atoms with Crippen molar-refractivity contribution in [2.75, 3.05) is 20.2 Å². The van der Waals surface area contributed by atoms with E-state index in [1.807, 2.05) is 10.6 Å². The molecule has 0 radical (unpaired) electrons. The third kappa shape index (κ3) is 5.09. The molecule has 1 aromatic rings. The predicted molar refractivity (Wildman–Crippen MR) is 132 cm³/mol. The third-order valence-electron chi connectivity index (χ3n) is 8.28. The molecule has 1 unspecified atom stereocenters. The van der Waals surface area contributed by atoms with Crippen LogP contribution < -0.4 is 10.9 Å². The summed E-state index contributed by atoms with van der Waals surface area (Å²) in [5.74, 6) is -0.841. The number of rotatable bonds is 6. The largest absolute Gasteiger partial charge is 0.467 e. The van der Waals surface area contributed by atoms with Crippen LogP contribution >= 0.6 is 0 Å². The first-order valence-corrected chi connectivity index (χ1v) is 13.4. The van der Waals surface area contributed by atoms with Crippen molar-refractivity contribution in [3.63, 3.8) is 0 Å². The lowest BCUT2D eigenvalue weighted by atomic mass is 9.81. The number of fused-ring (bicyclic) bond motifs is 1. The lowest BCUT2D eigenvalue weighted by Crippen LogP contribution is -2.57. The van der Waals surface area contributed by atoms with Gasteiger partial charge in [-0.05, 0) is 76.1 Å². The summed E-state index contributed by atoms with van der Waals surface area (Å²) in [4.78, 5) is 42.5. The predicted octanol–water partition coefficient (Wildman–Crippen LogP) is 3.60. The van der Waals surface area contributed by atoms with Crippen molar-refractivity contribution in [2.45, 2.75) is 109 Å². The first kappa shape index (κ1) is 25.0. The number of carbonyl (C=O) groups excluding carboxylic acids is 2. The van der Waals surface area contributed by atoms with E-state index in [1.54, 1.807) is 0 Å². The van der Waals surface area contributed by atoms with Crippen LogP contribution in [0.2, 0.25) is 0 Å². The van der Waals surface area contributed by atoms with Crippen LogP contribution in [-0.4, -0.2) is 53.1 Å². The first-order chi connectivity index (χ1) is 16.5. The maximum absolute atomic E-state index is 13.8. The summed E-state index contributed by atoms with van der Waals surface area (Å²) >= 11 is 0. The number of likely N-dealkylation sites (tertiary alicyclic amines) is 1. The van der Waals surface area contributed by atoms with Gasteiger partial charge in [-0.1, -0.05) is 39.0 Å². The van der Waals surface area contributed by atoms with Crippen molar-refractivity contribution in [1.29, 1.82) is 0 Å². The minimum atomic E-state index is -1.03. The van der Waals surface area contributed by atoms with Crippen molar-refractivity contribution < 1.29 is 14.3 Å². The second-order valence-corrected chi connectivity index (χ2v) is 10.4. The van der Waals surface area contributed by atoms with Crippen LogP contribution in [0.25, 0.3) is 0 Å². The van der Waals surface area contributed by atoms with Gasteiger partial charge in [0.15, 0.2) is 0 Å². The minimum Gasteiger partial charge on any atom is -0.467 e. The van der Waals surface area contributed by atoms with E-state index in [4.69, 9.17) is 4.74 Å².